The van der Waals surface area contributed by atoms with Gasteiger partial charge in [0.05, 0.1) is 0 Å². The minimum absolute atomic E-state index is 0.211. The maximum Gasteiger partial charge on any atom is 0.356 e. The van der Waals surface area contributed by atoms with E-state index in [1.54, 1.807) is 0 Å². The van der Waals surface area contributed by atoms with Gasteiger partial charge in [-0.05, 0) is 5.92 Å². The van der Waals surface area contributed by atoms with Crippen molar-refractivity contribution in [1.29, 1.82) is 0 Å². The molecular weight excluding hydrogens is 206 g/mol. The molecule has 2 rings (SSSR count). The number of aromatic carboxylic acids is 1. The number of hydrogen-bond acceptors (Lipinski definition) is 3. The summed E-state index contributed by atoms with van der Waals surface area (Å²) in [5.41, 5.74) is 2.16. The van der Waals surface area contributed by atoms with Gasteiger partial charge in [-0.25, -0.2) is 4.79 Å². The minimum atomic E-state index is -0.928. The van der Waals surface area contributed by atoms with Crippen molar-refractivity contribution in [2.45, 2.75) is 33.4 Å². The summed E-state index contributed by atoms with van der Waals surface area (Å²) in [6.07, 6.45) is 0.863. The number of carbonyl (C=O) groups is 1. The van der Waals surface area contributed by atoms with Crippen LogP contribution in [0.15, 0.2) is 0 Å². The summed E-state index contributed by atoms with van der Waals surface area (Å²) in [6.45, 7) is 6.52. The zero-order valence-electron chi connectivity index (χ0n) is 9.66. The molecule has 0 aromatic carbocycles. The Morgan fingerprint density at radius 2 is 2.38 bits per heavy atom. The zero-order chi connectivity index (χ0) is 11.7. The topological polar surface area (TPSA) is 67.2 Å². The van der Waals surface area contributed by atoms with Crippen LogP contribution in [0.5, 0.6) is 0 Å². The van der Waals surface area contributed by atoms with Crippen LogP contribution in [-0.2, 0) is 19.5 Å². The highest BCUT2D eigenvalue weighted by atomic mass is 16.4. The van der Waals surface area contributed by atoms with Crippen molar-refractivity contribution in [3.05, 3.63) is 17.0 Å². The van der Waals surface area contributed by atoms with Gasteiger partial charge in [-0.3, -0.25) is 4.68 Å². The molecule has 0 atom stereocenters. The van der Waals surface area contributed by atoms with Crippen LogP contribution in [0, 0.1) is 5.92 Å². The molecule has 0 saturated heterocycles. The second-order valence-corrected chi connectivity index (χ2v) is 4.58. The number of nitrogens with zero attached hydrogens (tertiary/aromatic N) is 2. The Hall–Kier alpha value is -1.36. The molecule has 0 saturated carbocycles. The average Bonchev–Trinajstić information content (AvgIpc) is 2.57. The first-order valence-corrected chi connectivity index (χ1v) is 5.62. The van der Waals surface area contributed by atoms with Crippen molar-refractivity contribution in [2.24, 2.45) is 5.92 Å². The fourth-order valence-corrected chi connectivity index (χ4v) is 2.09. The molecule has 1 aromatic heterocycles. The molecule has 0 unspecified atom stereocenters. The molecule has 88 valence electrons. The van der Waals surface area contributed by atoms with E-state index in [0.29, 0.717) is 12.5 Å². The molecule has 0 spiro atoms. The lowest BCUT2D eigenvalue weighted by atomic mass is 10.1. The van der Waals surface area contributed by atoms with Crippen molar-refractivity contribution in [2.75, 3.05) is 6.54 Å². The van der Waals surface area contributed by atoms with Crippen LogP contribution in [0.2, 0.25) is 0 Å². The molecule has 1 aliphatic heterocycles. The summed E-state index contributed by atoms with van der Waals surface area (Å²) in [6, 6.07) is 0. The van der Waals surface area contributed by atoms with Gasteiger partial charge in [0.25, 0.3) is 0 Å². The zero-order valence-corrected chi connectivity index (χ0v) is 9.66. The summed E-state index contributed by atoms with van der Waals surface area (Å²) in [5.74, 6) is -0.456. The van der Waals surface area contributed by atoms with E-state index in [2.05, 4.69) is 24.3 Å². The highest BCUT2D eigenvalue weighted by Gasteiger charge is 2.24. The molecule has 16 heavy (non-hydrogen) atoms. The molecule has 0 amide bonds. The van der Waals surface area contributed by atoms with E-state index in [0.717, 1.165) is 30.8 Å². The lowest BCUT2D eigenvalue weighted by Gasteiger charge is -2.16. The Morgan fingerprint density at radius 1 is 1.62 bits per heavy atom. The maximum atomic E-state index is 11.1. The molecule has 5 nitrogen and oxygen atoms in total. The van der Waals surface area contributed by atoms with Crippen molar-refractivity contribution in [3.63, 3.8) is 0 Å². The SMILES string of the molecule is CC(C)Cn1nc(C(=O)O)c2c1CCNC2. The van der Waals surface area contributed by atoms with Crippen LogP contribution in [0.4, 0.5) is 0 Å². The number of carboxylic acids is 1. The highest BCUT2D eigenvalue weighted by molar-refractivity contribution is 5.87. The molecule has 2 heterocycles. The predicted octanol–water partition coefficient (Wildman–Crippen LogP) is 0.883. The van der Waals surface area contributed by atoms with Crippen molar-refractivity contribution in [3.8, 4) is 0 Å². The van der Waals surface area contributed by atoms with Crippen LogP contribution in [0.25, 0.3) is 0 Å². The third-order valence-corrected chi connectivity index (χ3v) is 2.75. The van der Waals surface area contributed by atoms with Gasteiger partial charge in [0, 0.05) is 37.3 Å². The lowest BCUT2D eigenvalue weighted by Crippen LogP contribution is -2.26. The molecule has 2 N–H and O–H groups in total. The first-order chi connectivity index (χ1) is 7.59. The molecule has 0 radical (unpaired) electrons. The Bertz CT molecular complexity index is 410. The number of hydrogen-bond donors (Lipinski definition) is 2. The maximum absolute atomic E-state index is 11.1. The van der Waals surface area contributed by atoms with Crippen LogP contribution in [0.1, 0.15) is 35.6 Å². The molecule has 1 aliphatic rings. The Labute approximate surface area is 94.5 Å². The van der Waals surface area contributed by atoms with Gasteiger partial charge in [0.1, 0.15) is 0 Å². The van der Waals surface area contributed by atoms with Gasteiger partial charge in [-0.1, -0.05) is 13.8 Å². The lowest BCUT2D eigenvalue weighted by molar-refractivity contribution is 0.0688. The fourth-order valence-electron chi connectivity index (χ4n) is 2.09. The first kappa shape index (κ1) is 11.1. The molecule has 5 heteroatoms. The smallest absolute Gasteiger partial charge is 0.356 e. The number of fused-ring (bicyclic) bond motifs is 1. The van der Waals surface area contributed by atoms with E-state index in [4.69, 9.17) is 5.11 Å². The normalized spacial score (nSPS) is 15.2. The van der Waals surface area contributed by atoms with Gasteiger partial charge in [-0.2, -0.15) is 5.10 Å². The van der Waals surface area contributed by atoms with Crippen molar-refractivity contribution < 1.29 is 9.90 Å². The number of nitrogens with one attached hydrogen (secondary N) is 1. The van der Waals surface area contributed by atoms with E-state index in [1.165, 1.54) is 0 Å². The summed E-state index contributed by atoms with van der Waals surface area (Å²) in [7, 11) is 0. The monoisotopic (exact) mass is 223 g/mol. The van der Waals surface area contributed by atoms with Crippen LogP contribution in [0.3, 0.4) is 0 Å². The van der Waals surface area contributed by atoms with E-state index in [9.17, 15) is 4.79 Å². The Morgan fingerprint density at radius 3 is 3.00 bits per heavy atom. The Balaban J connectivity index is 2.42. The molecule has 0 bridgehead atoms. The van der Waals surface area contributed by atoms with Gasteiger partial charge >= 0.3 is 5.97 Å². The average molecular weight is 223 g/mol. The van der Waals surface area contributed by atoms with Crippen molar-refractivity contribution in [1.82, 2.24) is 15.1 Å². The summed E-state index contributed by atoms with van der Waals surface area (Å²) in [5, 5.41) is 16.5. The van der Waals surface area contributed by atoms with Gasteiger partial charge in [-0.15, -0.1) is 0 Å². The standard InChI is InChI=1S/C11H17N3O2/c1-7(2)6-14-9-3-4-12-5-8(9)10(13-14)11(15)16/h7,12H,3-6H2,1-2H3,(H,15,16). The number of carboxylic acid groups (broad SMARTS) is 1. The van der Waals surface area contributed by atoms with Gasteiger partial charge in [0.2, 0.25) is 0 Å². The van der Waals surface area contributed by atoms with Crippen LogP contribution < -0.4 is 5.32 Å². The number of aromatic nitrogens is 2. The van der Waals surface area contributed by atoms with Gasteiger partial charge < -0.3 is 10.4 Å². The largest absolute Gasteiger partial charge is 0.476 e. The minimum Gasteiger partial charge on any atom is -0.476 e. The highest BCUT2D eigenvalue weighted by Crippen LogP contribution is 2.19. The molecule has 0 fully saturated rings. The van der Waals surface area contributed by atoms with Crippen molar-refractivity contribution >= 4 is 5.97 Å². The van der Waals surface area contributed by atoms with E-state index >= 15 is 0 Å². The first-order valence-electron chi connectivity index (χ1n) is 5.62. The third kappa shape index (κ3) is 1.95. The second-order valence-electron chi connectivity index (χ2n) is 4.58. The summed E-state index contributed by atoms with van der Waals surface area (Å²) < 4.78 is 1.87. The van der Waals surface area contributed by atoms with Crippen LogP contribution in [-0.4, -0.2) is 27.4 Å². The summed E-state index contributed by atoms with van der Waals surface area (Å²) in [4.78, 5) is 11.1. The fraction of sp³-hybridized carbons (Fsp3) is 0.636. The molecular formula is C11H17N3O2. The van der Waals surface area contributed by atoms with Gasteiger partial charge in [0.15, 0.2) is 5.69 Å². The van der Waals surface area contributed by atoms with E-state index in [-0.39, 0.29) is 5.69 Å². The van der Waals surface area contributed by atoms with E-state index in [1.807, 2.05) is 4.68 Å². The number of rotatable bonds is 3. The molecule has 1 aromatic rings. The van der Waals surface area contributed by atoms with Crippen LogP contribution >= 0.6 is 0 Å². The summed E-state index contributed by atoms with van der Waals surface area (Å²) >= 11 is 0. The molecule has 0 aliphatic carbocycles. The second kappa shape index (κ2) is 4.25. The Kier molecular flexibility index (Phi) is 2.96. The predicted molar refractivity (Wildman–Crippen MR) is 59.4 cm³/mol. The quantitative estimate of drug-likeness (QED) is 0.798. The van der Waals surface area contributed by atoms with E-state index < -0.39 is 5.97 Å². The third-order valence-electron chi connectivity index (χ3n) is 2.75.